The zero-order valence-electron chi connectivity index (χ0n) is 10.5. The quantitative estimate of drug-likeness (QED) is 0.852. The van der Waals surface area contributed by atoms with Crippen molar-refractivity contribution in [1.82, 2.24) is 14.8 Å². The normalized spacial score (nSPS) is 15.2. The van der Waals surface area contributed by atoms with Crippen LogP contribution in [0.3, 0.4) is 0 Å². The number of nitrogens with one attached hydrogen (secondary N) is 1. The summed E-state index contributed by atoms with van der Waals surface area (Å²) in [6, 6.07) is 10.5. The molecule has 0 amide bonds. The van der Waals surface area contributed by atoms with Gasteiger partial charge in [-0.25, -0.2) is 9.89 Å². The van der Waals surface area contributed by atoms with Crippen molar-refractivity contribution in [3.8, 4) is 0 Å². The van der Waals surface area contributed by atoms with Gasteiger partial charge in [0.2, 0.25) is 0 Å². The van der Waals surface area contributed by atoms with Crippen LogP contribution >= 0.6 is 11.8 Å². The first-order valence-electron chi connectivity index (χ1n) is 6.36. The van der Waals surface area contributed by atoms with Gasteiger partial charge >= 0.3 is 5.69 Å². The molecule has 1 aliphatic rings. The van der Waals surface area contributed by atoms with Gasteiger partial charge in [-0.05, 0) is 18.4 Å². The van der Waals surface area contributed by atoms with E-state index in [1.54, 1.807) is 16.3 Å². The molecule has 0 radical (unpaired) electrons. The minimum Gasteiger partial charge on any atom is -0.267 e. The summed E-state index contributed by atoms with van der Waals surface area (Å²) in [7, 11) is 0. The first-order chi connectivity index (χ1) is 9.34. The predicted octanol–water partition coefficient (Wildman–Crippen LogP) is 2.71. The van der Waals surface area contributed by atoms with E-state index in [1.807, 2.05) is 18.2 Å². The molecule has 2 aromatic rings. The maximum Gasteiger partial charge on any atom is 0.344 e. The van der Waals surface area contributed by atoms with Crippen LogP contribution < -0.4 is 5.69 Å². The zero-order valence-corrected chi connectivity index (χ0v) is 11.3. The SMILES string of the molecule is O=c1[nH]nc(SC/C=C/c2ccccc2)n1C1CC1. The average Bonchev–Trinajstić information content (AvgIpc) is 3.20. The summed E-state index contributed by atoms with van der Waals surface area (Å²) in [6.07, 6.45) is 6.36. The Balaban J connectivity index is 1.61. The van der Waals surface area contributed by atoms with E-state index in [-0.39, 0.29) is 5.69 Å². The number of H-pyrrole nitrogens is 1. The summed E-state index contributed by atoms with van der Waals surface area (Å²) >= 11 is 1.59. The second-order valence-electron chi connectivity index (χ2n) is 4.54. The standard InChI is InChI=1S/C14H15N3OS/c18-13-15-16-14(17(13)12-8-9-12)19-10-4-7-11-5-2-1-3-6-11/h1-7,12H,8-10H2,(H,15,18)/b7-4+. The molecule has 0 spiro atoms. The second kappa shape index (κ2) is 5.48. The van der Waals surface area contributed by atoms with Gasteiger partial charge in [0, 0.05) is 11.8 Å². The molecule has 1 aromatic carbocycles. The highest BCUT2D eigenvalue weighted by Gasteiger charge is 2.28. The number of benzene rings is 1. The first-order valence-corrected chi connectivity index (χ1v) is 7.34. The van der Waals surface area contributed by atoms with Crippen LogP contribution in [-0.4, -0.2) is 20.5 Å². The average molecular weight is 273 g/mol. The third kappa shape index (κ3) is 2.98. The summed E-state index contributed by atoms with van der Waals surface area (Å²) in [5, 5.41) is 7.40. The summed E-state index contributed by atoms with van der Waals surface area (Å²) in [5.41, 5.74) is 1.10. The van der Waals surface area contributed by atoms with Crippen molar-refractivity contribution < 1.29 is 0 Å². The van der Waals surface area contributed by atoms with Crippen LogP contribution in [0.1, 0.15) is 24.4 Å². The van der Waals surface area contributed by atoms with Gasteiger partial charge < -0.3 is 0 Å². The van der Waals surface area contributed by atoms with E-state index >= 15 is 0 Å². The topological polar surface area (TPSA) is 50.7 Å². The van der Waals surface area contributed by atoms with E-state index in [2.05, 4.69) is 34.5 Å². The minimum atomic E-state index is -0.0861. The summed E-state index contributed by atoms with van der Waals surface area (Å²) in [6.45, 7) is 0. The predicted molar refractivity (Wildman–Crippen MR) is 77.3 cm³/mol. The van der Waals surface area contributed by atoms with Crippen LogP contribution in [-0.2, 0) is 0 Å². The van der Waals surface area contributed by atoms with Crippen LogP contribution in [0.5, 0.6) is 0 Å². The Morgan fingerprint density at radius 1 is 1.37 bits per heavy atom. The molecule has 1 aromatic heterocycles. The van der Waals surface area contributed by atoms with Crippen molar-refractivity contribution in [2.24, 2.45) is 0 Å². The molecule has 19 heavy (non-hydrogen) atoms. The highest BCUT2D eigenvalue weighted by atomic mass is 32.2. The van der Waals surface area contributed by atoms with Crippen molar-refractivity contribution in [3.05, 3.63) is 52.5 Å². The lowest BCUT2D eigenvalue weighted by molar-refractivity contribution is 0.643. The van der Waals surface area contributed by atoms with Crippen LogP contribution in [0.25, 0.3) is 6.08 Å². The van der Waals surface area contributed by atoms with Gasteiger partial charge in [0.05, 0.1) is 0 Å². The van der Waals surface area contributed by atoms with Gasteiger partial charge in [-0.15, -0.1) is 5.10 Å². The van der Waals surface area contributed by atoms with Crippen LogP contribution in [0.4, 0.5) is 0 Å². The van der Waals surface area contributed by atoms with E-state index in [0.29, 0.717) is 6.04 Å². The summed E-state index contributed by atoms with van der Waals surface area (Å²) < 4.78 is 1.78. The van der Waals surface area contributed by atoms with Crippen LogP contribution in [0.2, 0.25) is 0 Å². The molecule has 0 saturated heterocycles. The highest BCUT2D eigenvalue weighted by molar-refractivity contribution is 7.99. The molecule has 1 fully saturated rings. The van der Waals surface area contributed by atoms with E-state index in [1.165, 1.54) is 5.56 Å². The number of nitrogens with zero attached hydrogens (tertiary/aromatic N) is 2. The lowest BCUT2D eigenvalue weighted by Gasteiger charge is -2.00. The third-order valence-electron chi connectivity index (χ3n) is 3.00. The molecule has 4 nitrogen and oxygen atoms in total. The van der Waals surface area contributed by atoms with Crippen LogP contribution in [0.15, 0.2) is 46.4 Å². The van der Waals surface area contributed by atoms with Gasteiger partial charge in [0.25, 0.3) is 0 Å². The molecule has 0 aliphatic heterocycles. The molecule has 1 saturated carbocycles. The van der Waals surface area contributed by atoms with E-state index in [9.17, 15) is 4.79 Å². The van der Waals surface area contributed by atoms with E-state index in [0.717, 1.165) is 23.8 Å². The van der Waals surface area contributed by atoms with Gasteiger partial charge in [-0.1, -0.05) is 54.2 Å². The molecular weight excluding hydrogens is 258 g/mol. The molecule has 98 valence electrons. The number of aromatic nitrogens is 3. The maximum absolute atomic E-state index is 11.6. The minimum absolute atomic E-state index is 0.0861. The van der Waals surface area contributed by atoms with E-state index < -0.39 is 0 Å². The van der Waals surface area contributed by atoms with Crippen LogP contribution in [0, 0.1) is 0 Å². The van der Waals surface area contributed by atoms with Gasteiger partial charge in [-0.3, -0.25) is 4.57 Å². The molecule has 0 atom stereocenters. The smallest absolute Gasteiger partial charge is 0.267 e. The van der Waals surface area contributed by atoms with Crippen molar-refractivity contribution in [1.29, 1.82) is 0 Å². The molecular formula is C14H15N3OS. The molecule has 1 aliphatic carbocycles. The van der Waals surface area contributed by atoms with Crippen molar-refractivity contribution in [3.63, 3.8) is 0 Å². The Hall–Kier alpha value is -1.75. The summed E-state index contributed by atoms with van der Waals surface area (Å²) in [5.74, 6) is 0.811. The highest BCUT2D eigenvalue weighted by Crippen LogP contribution is 2.35. The van der Waals surface area contributed by atoms with Crippen molar-refractivity contribution in [2.75, 3.05) is 5.75 Å². The Morgan fingerprint density at radius 3 is 2.89 bits per heavy atom. The number of hydrogen-bond donors (Lipinski definition) is 1. The fraction of sp³-hybridized carbons (Fsp3) is 0.286. The number of thioether (sulfide) groups is 1. The Labute approximate surface area is 115 Å². The molecule has 1 heterocycles. The molecule has 1 N–H and O–H groups in total. The molecule has 0 bridgehead atoms. The lowest BCUT2D eigenvalue weighted by Crippen LogP contribution is -2.16. The third-order valence-corrected chi connectivity index (χ3v) is 3.91. The number of hydrogen-bond acceptors (Lipinski definition) is 3. The maximum atomic E-state index is 11.6. The fourth-order valence-corrected chi connectivity index (χ4v) is 2.74. The van der Waals surface area contributed by atoms with Gasteiger partial charge in [0.15, 0.2) is 5.16 Å². The lowest BCUT2D eigenvalue weighted by atomic mass is 10.2. The monoisotopic (exact) mass is 273 g/mol. The molecule has 0 unspecified atom stereocenters. The molecule has 5 heteroatoms. The Morgan fingerprint density at radius 2 is 2.16 bits per heavy atom. The van der Waals surface area contributed by atoms with Gasteiger partial charge in [-0.2, -0.15) is 0 Å². The Kier molecular flexibility index (Phi) is 3.55. The number of rotatable bonds is 5. The Bertz CT molecular complexity index is 626. The van der Waals surface area contributed by atoms with Gasteiger partial charge in [0.1, 0.15) is 0 Å². The number of aromatic amines is 1. The summed E-state index contributed by atoms with van der Waals surface area (Å²) in [4.78, 5) is 11.6. The molecule has 3 rings (SSSR count). The largest absolute Gasteiger partial charge is 0.344 e. The fourth-order valence-electron chi connectivity index (χ4n) is 1.92. The second-order valence-corrected chi connectivity index (χ2v) is 5.52. The van der Waals surface area contributed by atoms with Crippen molar-refractivity contribution in [2.45, 2.75) is 24.0 Å². The first kappa shape index (κ1) is 12.3. The van der Waals surface area contributed by atoms with Crippen molar-refractivity contribution >= 4 is 17.8 Å². The zero-order chi connectivity index (χ0) is 13.1. The van der Waals surface area contributed by atoms with E-state index in [4.69, 9.17) is 0 Å².